The average molecular weight is 319 g/mol. The number of H-pyrrole nitrogens is 1. The van der Waals surface area contributed by atoms with Crippen molar-refractivity contribution in [1.82, 2.24) is 4.98 Å². The summed E-state index contributed by atoms with van der Waals surface area (Å²) >= 11 is 0. The Hall–Kier alpha value is -2.42. The number of carbonyl (C=O) groups is 1. The zero-order valence-electron chi connectivity index (χ0n) is 13.9. The summed E-state index contributed by atoms with van der Waals surface area (Å²) in [5.74, 6) is 0.401. The summed E-state index contributed by atoms with van der Waals surface area (Å²) in [6.45, 7) is 1.48. The Morgan fingerprint density at radius 2 is 1.96 bits per heavy atom. The lowest BCUT2D eigenvalue weighted by atomic mass is 9.74. The van der Waals surface area contributed by atoms with Gasteiger partial charge in [0.15, 0.2) is 5.78 Å². The molecule has 2 aliphatic rings. The van der Waals surface area contributed by atoms with E-state index < -0.39 is 0 Å². The predicted octanol–water partition coefficient (Wildman–Crippen LogP) is 4.37. The number of allylic oxidation sites excluding steroid dienone is 1. The highest BCUT2D eigenvalue weighted by Gasteiger charge is 2.29. The number of hydrogen-bond acceptors (Lipinski definition) is 2. The molecule has 2 aliphatic carbocycles. The first-order valence-electron chi connectivity index (χ1n) is 8.71. The molecule has 122 valence electrons. The number of pyridine rings is 1. The molecule has 0 saturated heterocycles. The molecular weight excluding hydrogens is 298 g/mol. The van der Waals surface area contributed by atoms with Crippen LogP contribution >= 0.6 is 0 Å². The van der Waals surface area contributed by atoms with Crippen molar-refractivity contribution in [3.63, 3.8) is 0 Å². The highest BCUT2D eigenvalue weighted by atomic mass is 16.1. The normalized spacial score (nSPS) is 19.2. The van der Waals surface area contributed by atoms with Crippen LogP contribution in [0.1, 0.15) is 54.1 Å². The largest absolute Gasteiger partial charge is 0.321 e. The number of nitrogens with one attached hydrogen (secondary N) is 1. The van der Waals surface area contributed by atoms with E-state index >= 15 is 0 Å². The molecule has 1 saturated carbocycles. The Morgan fingerprint density at radius 1 is 1.17 bits per heavy atom. The number of hydrogen-bond donors (Lipinski definition) is 1. The smallest absolute Gasteiger partial charge is 0.259 e. The predicted molar refractivity (Wildman–Crippen MR) is 96.1 cm³/mol. The minimum absolute atomic E-state index is 0.154. The molecule has 24 heavy (non-hydrogen) atoms. The maximum atomic E-state index is 12.6. The number of benzene rings is 1. The number of aromatic nitrogens is 1. The van der Waals surface area contributed by atoms with Crippen LogP contribution in [0.4, 0.5) is 0 Å². The molecular formula is C21H21NO2. The van der Waals surface area contributed by atoms with Gasteiger partial charge in [0.2, 0.25) is 0 Å². The molecule has 0 aliphatic heterocycles. The first kappa shape index (κ1) is 15.1. The SMILES string of the molecule is CC(=O)c1c2c(c(-c3ccccc3)[nH]c1=O)CC1CCCCC1=C2. The van der Waals surface area contributed by atoms with Crippen molar-refractivity contribution >= 4 is 11.9 Å². The minimum Gasteiger partial charge on any atom is -0.321 e. The van der Waals surface area contributed by atoms with E-state index in [1.165, 1.54) is 31.8 Å². The second kappa shape index (κ2) is 5.90. The van der Waals surface area contributed by atoms with Crippen molar-refractivity contribution in [2.45, 2.75) is 39.0 Å². The van der Waals surface area contributed by atoms with Crippen molar-refractivity contribution in [3.05, 3.63) is 62.9 Å². The van der Waals surface area contributed by atoms with Gasteiger partial charge in [-0.05, 0) is 55.2 Å². The van der Waals surface area contributed by atoms with E-state index in [1.807, 2.05) is 30.3 Å². The lowest BCUT2D eigenvalue weighted by molar-refractivity contribution is 0.101. The Morgan fingerprint density at radius 3 is 2.71 bits per heavy atom. The molecule has 0 spiro atoms. The highest BCUT2D eigenvalue weighted by molar-refractivity contribution is 5.99. The van der Waals surface area contributed by atoms with E-state index in [2.05, 4.69) is 11.1 Å². The van der Waals surface area contributed by atoms with Crippen molar-refractivity contribution < 1.29 is 4.79 Å². The molecule has 1 heterocycles. The van der Waals surface area contributed by atoms with E-state index in [-0.39, 0.29) is 11.3 Å². The Balaban J connectivity index is 2.00. The van der Waals surface area contributed by atoms with Gasteiger partial charge in [0.05, 0.1) is 11.3 Å². The number of Topliss-reactive ketones (excluding diaryl/α,β-unsaturated/α-hetero) is 1. The zero-order chi connectivity index (χ0) is 16.7. The van der Waals surface area contributed by atoms with Gasteiger partial charge in [0, 0.05) is 0 Å². The van der Waals surface area contributed by atoms with Crippen molar-refractivity contribution in [2.75, 3.05) is 0 Å². The summed E-state index contributed by atoms with van der Waals surface area (Å²) in [4.78, 5) is 27.7. The summed E-state index contributed by atoms with van der Waals surface area (Å²) in [5, 5.41) is 0. The van der Waals surface area contributed by atoms with Gasteiger partial charge in [0.1, 0.15) is 0 Å². The van der Waals surface area contributed by atoms with Gasteiger partial charge >= 0.3 is 0 Å². The van der Waals surface area contributed by atoms with Gasteiger partial charge < -0.3 is 4.98 Å². The van der Waals surface area contributed by atoms with Crippen LogP contribution in [0, 0.1) is 5.92 Å². The van der Waals surface area contributed by atoms with E-state index in [4.69, 9.17) is 0 Å². The second-order valence-corrected chi connectivity index (χ2v) is 6.88. The second-order valence-electron chi connectivity index (χ2n) is 6.88. The molecule has 1 unspecified atom stereocenters. The van der Waals surface area contributed by atoms with Crippen LogP contribution in [-0.4, -0.2) is 10.8 Å². The van der Waals surface area contributed by atoms with Crippen molar-refractivity contribution in [3.8, 4) is 11.3 Å². The fraction of sp³-hybridized carbons (Fsp3) is 0.333. The van der Waals surface area contributed by atoms with Crippen LogP contribution in [0.15, 0.2) is 40.7 Å². The van der Waals surface area contributed by atoms with E-state index in [0.717, 1.165) is 35.2 Å². The van der Waals surface area contributed by atoms with Crippen LogP contribution in [0.5, 0.6) is 0 Å². The summed E-state index contributed by atoms with van der Waals surface area (Å²) in [6.07, 6.45) is 7.83. The summed E-state index contributed by atoms with van der Waals surface area (Å²) < 4.78 is 0. The lowest BCUT2D eigenvalue weighted by Crippen LogP contribution is -2.26. The van der Waals surface area contributed by atoms with E-state index in [1.54, 1.807) is 0 Å². The molecule has 1 aromatic carbocycles. The molecule has 1 N–H and O–H groups in total. The molecule has 4 rings (SSSR count). The maximum absolute atomic E-state index is 12.6. The molecule has 1 fully saturated rings. The molecule has 3 nitrogen and oxygen atoms in total. The van der Waals surface area contributed by atoms with Crippen LogP contribution in [0.25, 0.3) is 17.3 Å². The third-order valence-corrected chi connectivity index (χ3v) is 5.35. The van der Waals surface area contributed by atoms with Gasteiger partial charge in [0.25, 0.3) is 5.56 Å². The molecule has 1 aromatic heterocycles. The van der Waals surface area contributed by atoms with Crippen molar-refractivity contribution in [2.24, 2.45) is 5.92 Å². The monoisotopic (exact) mass is 319 g/mol. The Kier molecular flexibility index (Phi) is 3.72. The summed E-state index contributed by atoms with van der Waals surface area (Å²) in [6, 6.07) is 9.95. The summed E-state index contributed by atoms with van der Waals surface area (Å²) in [5.41, 5.74) is 5.34. The van der Waals surface area contributed by atoms with Gasteiger partial charge in [-0.1, -0.05) is 48.4 Å². The average Bonchev–Trinajstić information content (AvgIpc) is 2.60. The first-order valence-corrected chi connectivity index (χ1v) is 8.71. The van der Waals surface area contributed by atoms with Gasteiger partial charge in [-0.15, -0.1) is 0 Å². The molecule has 0 amide bonds. The lowest BCUT2D eigenvalue weighted by Gasteiger charge is -2.31. The Labute approximate surface area is 141 Å². The van der Waals surface area contributed by atoms with Gasteiger partial charge in [-0.3, -0.25) is 9.59 Å². The van der Waals surface area contributed by atoms with Gasteiger partial charge in [-0.2, -0.15) is 0 Å². The molecule has 3 heteroatoms. The number of carbonyl (C=O) groups excluding carboxylic acids is 1. The molecule has 1 atom stereocenters. The Bertz CT molecular complexity index is 890. The quantitative estimate of drug-likeness (QED) is 0.835. The fourth-order valence-corrected chi connectivity index (χ4v) is 4.20. The van der Waals surface area contributed by atoms with Crippen LogP contribution in [-0.2, 0) is 6.42 Å². The number of rotatable bonds is 2. The van der Waals surface area contributed by atoms with Crippen molar-refractivity contribution in [1.29, 1.82) is 0 Å². The van der Waals surface area contributed by atoms with Crippen LogP contribution in [0.2, 0.25) is 0 Å². The maximum Gasteiger partial charge on any atom is 0.259 e. The minimum atomic E-state index is -0.272. The third kappa shape index (κ3) is 2.44. The zero-order valence-corrected chi connectivity index (χ0v) is 13.9. The van der Waals surface area contributed by atoms with E-state index in [0.29, 0.717) is 11.5 Å². The number of ketones is 1. The van der Waals surface area contributed by atoms with Gasteiger partial charge in [-0.25, -0.2) is 0 Å². The molecule has 0 radical (unpaired) electrons. The number of fused-ring (bicyclic) bond motifs is 2. The highest BCUT2D eigenvalue weighted by Crippen LogP contribution is 2.41. The summed E-state index contributed by atoms with van der Waals surface area (Å²) in [7, 11) is 0. The standard InChI is InChI=1S/C21H21NO2/c1-13(23)19-17-11-15-9-5-6-10-16(15)12-18(17)20(22-21(19)24)14-7-3-2-4-8-14/h2-4,7-8,11,16H,5-6,9-10,12H2,1H3,(H,22,24). The molecule has 2 aromatic rings. The van der Waals surface area contributed by atoms with Crippen LogP contribution < -0.4 is 5.56 Å². The fourth-order valence-electron chi connectivity index (χ4n) is 4.20. The third-order valence-electron chi connectivity index (χ3n) is 5.35. The molecule has 0 bridgehead atoms. The first-order chi connectivity index (χ1) is 11.6. The van der Waals surface area contributed by atoms with Crippen LogP contribution in [0.3, 0.4) is 0 Å². The van der Waals surface area contributed by atoms with E-state index in [9.17, 15) is 9.59 Å². The number of aromatic amines is 1. The topological polar surface area (TPSA) is 49.9 Å².